The Kier molecular flexibility index (Phi) is 10.4. The molecule has 0 saturated heterocycles. The molecule has 2 aromatic heterocycles. The zero-order chi connectivity index (χ0) is 37.8. The molecule has 2 heterocycles. The van der Waals surface area contributed by atoms with E-state index in [9.17, 15) is 9.59 Å². The normalized spacial score (nSPS) is 10.8. The molecule has 5 aromatic carbocycles. The number of hydrogen-bond acceptors (Lipinski definition) is 7. The molecule has 0 fully saturated rings. The van der Waals surface area contributed by atoms with Gasteiger partial charge >= 0.3 is 11.9 Å². The SMILES string of the molecule is C=CC(=O)Oc1ccc(-c2ccc(N(c3ccccc3)c3ccc(-c4ccc(OC(=O)C=C)c(-c5ccc(C)s5)c4)cc3F)c(F)c2)cc1-c1cccs1. The van der Waals surface area contributed by atoms with Crippen molar-refractivity contribution in [2.24, 2.45) is 0 Å². The first-order valence-corrected chi connectivity index (χ1v) is 18.4. The fourth-order valence-electron chi connectivity index (χ4n) is 6.01. The highest BCUT2D eigenvalue weighted by Gasteiger charge is 2.22. The minimum Gasteiger partial charge on any atom is -0.423 e. The first kappa shape index (κ1) is 36.0. The molecule has 0 radical (unpaired) electrons. The number of anilines is 3. The number of carbonyl (C=O) groups is 2. The van der Waals surface area contributed by atoms with Gasteiger partial charge in [-0.05, 0) is 113 Å². The van der Waals surface area contributed by atoms with E-state index in [0.717, 1.165) is 26.8 Å². The van der Waals surface area contributed by atoms with Crippen molar-refractivity contribution in [3.63, 3.8) is 0 Å². The van der Waals surface area contributed by atoms with Crippen LogP contribution in [0.3, 0.4) is 0 Å². The van der Waals surface area contributed by atoms with Gasteiger partial charge in [-0.25, -0.2) is 18.4 Å². The molecule has 7 rings (SSSR count). The van der Waals surface area contributed by atoms with E-state index < -0.39 is 23.6 Å². The molecular formula is C45H31F2NO4S2. The molecule has 5 nitrogen and oxygen atoms in total. The summed E-state index contributed by atoms with van der Waals surface area (Å²) in [4.78, 5) is 28.5. The third-order valence-electron chi connectivity index (χ3n) is 8.56. The first-order chi connectivity index (χ1) is 26.2. The minimum absolute atomic E-state index is 0.148. The lowest BCUT2D eigenvalue weighted by Gasteiger charge is -2.27. The molecule has 266 valence electrons. The summed E-state index contributed by atoms with van der Waals surface area (Å²) >= 11 is 3.03. The minimum atomic E-state index is -0.583. The monoisotopic (exact) mass is 751 g/mol. The number of rotatable bonds is 11. The number of thiophene rings is 2. The molecular weight excluding hydrogens is 721 g/mol. The van der Waals surface area contributed by atoms with E-state index in [2.05, 4.69) is 13.2 Å². The van der Waals surface area contributed by atoms with E-state index in [1.165, 1.54) is 23.5 Å². The predicted molar refractivity (Wildman–Crippen MR) is 215 cm³/mol. The highest BCUT2D eigenvalue weighted by atomic mass is 32.1. The van der Waals surface area contributed by atoms with Crippen molar-refractivity contribution in [3.05, 3.63) is 175 Å². The van der Waals surface area contributed by atoms with Crippen LogP contribution in [-0.2, 0) is 9.59 Å². The number of para-hydroxylation sites is 1. The van der Waals surface area contributed by atoms with Crippen LogP contribution in [0.2, 0.25) is 0 Å². The van der Waals surface area contributed by atoms with Gasteiger partial charge in [0.2, 0.25) is 0 Å². The van der Waals surface area contributed by atoms with Gasteiger partial charge in [0.15, 0.2) is 0 Å². The topological polar surface area (TPSA) is 55.8 Å². The number of ether oxygens (including phenoxy) is 2. The number of hydrogen-bond donors (Lipinski definition) is 0. The zero-order valence-corrected chi connectivity index (χ0v) is 30.6. The predicted octanol–water partition coefficient (Wildman–Crippen LogP) is 12.7. The number of carbonyl (C=O) groups excluding carboxylic acids is 2. The van der Waals surface area contributed by atoms with Gasteiger partial charge in [-0.3, -0.25) is 0 Å². The highest BCUT2D eigenvalue weighted by molar-refractivity contribution is 7.15. The van der Waals surface area contributed by atoms with Crippen LogP contribution in [0.15, 0.2) is 158 Å². The smallest absolute Gasteiger partial charge is 0.335 e. The Hall–Kier alpha value is -6.42. The van der Waals surface area contributed by atoms with Crippen molar-refractivity contribution in [2.75, 3.05) is 4.90 Å². The summed E-state index contributed by atoms with van der Waals surface area (Å²) in [6.45, 7) is 8.97. The van der Waals surface area contributed by atoms with Crippen LogP contribution in [0, 0.1) is 18.6 Å². The molecule has 9 heteroatoms. The van der Waals surface area contributed by atoms with Crippen LogP contribution in [0.1, 0.15) is 4.88 Å². The molecule has 0 aliphatic heterocycles. The second-order valence-electron chi connectivity index (χ2n) is 12.1. The van der Waals surface area contributed by atoms with Crippen LogP contribution in [0.5, 0.6) is 11.5 Å². The summed E-state index contributed by atoms with van der Waals surface area (Å²) in [5.74, 6) is -1.57. The van der Waals surface area contributed by atoms with E-state index in [1.807, 2.05) is 66.9 Å². The van der Waals surface area contributed by atoms with Gasteiger partial charge < -0.3 is 14.4 Å². The summed E-state index contributed by atoms with van der Waals surface area (Å²) < 4.78 is 43.8. The van der Waals surface area contributed by atoms with Gasteiger partial charge in [0.25, 0.3) is 0 Å². The molecule has 0 aliphatic carbocycles. The van der Waals surface area contributed by atoms with Gasteiger partial charge in [0.05, 0.1) is 11.4 Å². The number of esters is 2. The van der Waals surface area contributed by atoms with E-state index in [1.54, 1.807) is 76.9 Å². The van der Waals surface area contributed by atoms with Gasteiger partial charge in [-0.1, -0.05) is 61.7 Å². The Bertz CT molecular complexity index is 2530. The van der Waals surface area contributed by atoms with E-state index in [4.69, 9.17) is 9.47 Å². The van der Waals surface area contributed by atoms with E-state index in [0.29, 0.717) is 50.6 Å². The van der Waals surface area contributed by atoms with Gasteiger partial charge in [0.1, 0.15) is 23.1 Å². The fraction of sp³-hybridized carbons (Fsp3) is 0.0222. The van der Waals surface area contributed by atoms with Crippen molar-refractivity contribution >= 4 is 51.7 Å². The Morgan fingerprint density at radius 1 is 0.611 bits per heavy atom. The molecule has 0 atom stereocenters. The van der Waals surface area contributed by atoms with E-state index >= 15 is 8.78 Å². The average molecular weight is 752 g/mol. The third-order valence-corrected chi connectivity index (χ3v) is 10.5. The lowest BCUT2D eigenvalue weighted by molar-refractivity contribution is -0.129. The summed E-state index contributed by atoms with van der Waals surface area (Å²) in [7, 11) is 0. The fourth-order valence-corrected chi connectivity index (χ4v) is 7.65. The lowest BCUT2D eigenvalue weighted by atomic mass is 9.99. The molecule has 7 aromatic rings. The second kappa shape index (κ2) is 15.7. The van der Waals surface area contributed by atoms with Crippen molar-refractivity contribution in [3.8, 4) is 54.6 Å². The molecule has 0 aliphatic rings. The summed E-state index contributed by atoms with van der Waals surface area (Å²) in [5.41, 5.74) is 4.80. The van der Waals surface area contributed by atoms with Crippen LogP contribution >= 0.6 is 22.7 Å². The van der Waals surface area contributed by atoms with Crippen molar-refractivity contribution < 1.29 is 27.8 Å². The molecule has 0 N–H and O–H groups in total. The van der Waals surface area contributed by atoms with Crippen LogP contribution < -0.4 is 14.4 Å². The molecule has 0 saturated carbocycles. The van der Waals surface area contributed by atoms with E-state index in [-0.39, 0.29) is 11.4 Å². The van der Waals surface area contributed by atoms with Crippen molar-refractivity contribution in [2.45, 2.75) is 6.92 Å². The van der Waals surface area contributed by atoms with Crippen molar-refractivity contribution in [1.82, 2.24) is 0 Å². The average Bonchev–Trinajstić information content (AvgIpc) is 3.89. The highest BCUT2D eigenvalue weighted by Crippen LogP contribution is 2.43. The number of halogens is 2. The number of aryl methyl sites for hydroxylation is 1. The largest absolute Gasteiger partial charge is 0.423 e. The van der Waals surface area contributed by atoms with Gasteiger partial charge in [-0.2, -0.15) is 0 Å². The third kappa shape index (κ3) is 7.54. The van der Waals surface area contributed by atoms with Gasteiger partial charge in [-0.15, -0.1) is 22.7 Å². The number of benzene rings is 5. The molecule has 0 amide bonds. The van der Waals surface area contributed by atoms with Crippen molar-refractivity contribution in [1.29, 1.82) is 0 Å². The maximum atomic E-state index is 16.4. The molecule has 0 unspecified atom stereocenters. The first-order valence-electron chi connectivity index (χ1n) is 16.7. The maximum Gasteiger partial charge on any atom is 0.335 e. The summed E-state index contributed by atoms with van der Waals surface area (Å²) in [5, 5.41) is 1.92. The lowest BCUT2D eigenvalue weighted by Crippen LogP contribution is -2.13. The number of nitrogens with zero attached hydrogens (tertiary/aromatic N) is 1. The Labute approximate surface area is 319 Å². The second-order valence-corrected chi connectivity index (χ2v) is 14.3. The van der Waals surface area contributed by atoms with Crippen LogP contribution in [-0.4, -0.2) is 11.9 Å². The zero-order valence-electron chi connectivity index (χ0n) is 28.9. The standard InChI is InChI=1S/C45H31F2NO4S2/c1-4-44(49)51-40-20-16-29(24-34(40)42-12-9-23-53-42)31-14-18-38(36(46)26-31)48(33-10-7-6-8-11-33)39-19-15-32(27-37(39)47)30-17-21-41(52-45(50)5-2)35(25-30)43-22-13-28(3)54-43/h4-27H,1-2H2,3H3. The maximum absolute atomic E-state index is 16.4. The summed E-state index contributed by atoms with van der Waals surface area (Å²) in [6, 6.07) is 37.0. The quantitative estimate of drug-likeness (QED) is 0.0748. The Morgan fingerprint density at radius 3 is 1.59 bits per heavy atom. The molecule has 54 heavy (non-hydrogen) atoms. The van der Waals surface area contributed by atoms with Gasteiger partial charge in [0, 0.05) is 43.6 Å². The Morgan fingerprint density at radius 2 is 1.13 bits per heavy atom. The molecule has 0 bridgehead atoms. The van der Waals surface area contributed by atoms with Crippen LogP contribution in [0.25, 0.3) is 43.1 Å². The molecule has 0 spiro atoms. The Balaban J connectivity index is 1.26. The van der Waals surface area contributed by atoms with Crippen LogP contribution in [0.4, 0.5) is 25.8 Å². The summed E-state index contributed by atoms with van der Waals surface area (Å²) in [6.07, 6.45) is 2.20.